The Labute approximate surface area is 116 Å². The Morgan fingerprint density at radius 1 is 1.30 bits per heavy atom. The van der Waals surface area contributed by atoms with Crippen molar-refractivity contribution in [2.75, 3.05) is 5.73 Å². The molecule has 1 amide bonds. The maximum absolute atomic E-state index is 12.2. The molecule has 0 radical (unpaired) electrons. The van der Waals surface area contributed by atoms with Gasteiger partial charge in [-0.3, -0.25) is 4.79 Å². The smallest absolute Gasteiger partial charge is 0.287 e. The highest BCUT2D eigenvalue weighted by Gasteiger charge is 2.25. The van der Waals surface area contributed by atoms with E-state index in [1.54, 1.807) is 24.3 Å². The van der Waals surface area contributed by atoms with Crippen molar-refractivity contribution in [3.63, 3.8) is 0 Å². The minimum absolute atomic E-state index is 0.186. The Morgan fingerprint density at radius 3 is 2.90 bits per heavy atom. The van der Waals surface area contributed by atoms with Crippen LogP contribution in [-0.2, 0) is 0 Å². The Morgan fingerprint density at radius 2 is 2.10 bits per heavy atom. The summed E-state index contributed by atoms with van der Waals surface area (Å²) in [5, 5.41) is 13.5. The lowest BCUT2D eigenvalue weighted by Crippen LogP contribution is -2.44. The number of carbonyl (C=O) groups excluding carboxylic acids is 1. The molecule has 4 N–H and O–H groups in total. The molecule has 5 heteroatoms. The van der Waals surface area contributed by atoms with Crippen LogP contribution in [0.1, 0.15) is 36.2 Å². The summed E-state index contributed by atoms with van der Waals surface area (Å²) in [6.45, 7) is 0. The van der Waals surface area contributed by atoms with Gasteiger partial charge in [0.15, 0.2) is 5.76 Å². The van der Waals surface area contributed by atoms with Crippen LogP contribution in [0.3, 0.4) is 0 Å². The van der Waals surface area contributed by atoms with E-state index in [0.717, 1.165) is 31.1 Å². The fourth-order valence-electron chi connectivity index (χ4n) is 2.69. The van der Waals surface area contributed by atoms with E-state index in [1.807, 2.05) is 0 Å². The summed E-state index contributed by atoms with van der Waals surface area (Å²) in [6, 6.07) is 6.74. The summed E-state index contributed by atoms with van der Waals surface area (Å²) in [6.07, 6.45) is 3.12. The molecule has 0 aliphatic heterocycles. The van der Waals surface area contributed by atoms with Crippen molar-refractivity contribution in [1.82, 2.24) is 5.32 Å². The second kappa shape index (κ2) is 5.17. The van der Waals surface area contributed by atoms with Crippen LogP contribution in [0.2, 0.25) is 0 Å². The zero-order valence-corrected chi connectivity index (χ0v) is 11.1. The quantitative estimate of drug-likeness (QED) is 0.731. The van der Waals surface area contributed by atoms with Gasteiger partial charge in [-0.05, 0) is 37.1 Å². The van der Waals surface area contributed by atoms with Crippen LogP contribution in [0.25, 0.3) is 11.0 Å². The van der Waals surface area contributed by atoms with Crippen LogP contribution in [0, 0.1) is 0 Å². The van der Waals surface area contributed by atoms with Crippen LogP contribution in [0.4, 0.5) is 5.69 Å². The van der Waals surface area contributed by atoms with E-state index in [0.29, 0.717) is 11.3 Å². The Kier molecular flexibility index (Phi) is 3.36. The van der Waals surface area contributed by atoms with Gasteiger partial charge >= 0.3 is 0 Å². The first-order chi connectivity index (χ1) is 9.63. The van der Waals surface area contributed by atoms with Crippen LogP contribution in [0.15, 0.2) is 28.7 Å². The third-order valence-electron chi connectivity index (χ3n) is 3.81. The van der Waals surface area contributed by atoms with Gasteiger partial charge in [0.2, 0.25) is 0 Å². The number of amides is 1. The molecule has 1 saturated carbocycles. The fraction of sp³-hybridized carbons (Fsp3) is 0.400. The zero-order chi connectivity index (χ0) is 14.1. The monoisotopic (exact) mass is 274 g/mol. The summed E-state index contributed by atoms with van der Waals surface area (Å²) in [4.78, 5) is 12.2. The second-order valence-electron chi connectivity index (χ2n) is 5.34. The Balaban J connectivity index is 1.78. The van der Waals surface area contributed by atoms with E-state index in [4.69, 9.17) is 10.2 Å². The maximum atomic E-state index is 12.2. The molecule has 3 rings (SSSR count). The number of fused-ring (bicyclic) bond motifs is 1. The van der Waals surface area contributed by atoms with Crippen molar-refractivity contribution in [3.05, 3.63) is 30.0 Å². The number of anilines is 1. The second-order valence-corrected chi connectivity index (χ2v) is 5.34. The number of nitrogen functional groups attached to an aromatic ring is 1. The number of aliphatic hydroxyl groups excluding tert-OH is 1. The molecule has 5 nitrogen and oxygen atoms in total. The highest BCUT2D eigenvalue weighted by molar-refractivity contribution is 5.96. The number of nitrogens with one attached hydrogen (secondary N) is 1. The lowest BCUT2D eigenvalue weighted by molar-refractivity contribution is 0.0699. The van der Waals surface area contributed by atoms with E-state index >= 15 is 0 Å². The summed E-state index contributed by atoms with van der Waals surface area (Å²) >= 11 is 0. The number of carbonyl (C=O) groups is 1. The molecule has 1 heterocycles. The van der Waals surface area contributed by atoms with Crippen LogP contribution < -0.4 is 11.1 Å². The van der Waals surface area contributed by atoms with Crippen LogP contribution in [0.5, 0.6) is 0 Å². The minimum atomic E-state index is -0.465. The Hall–Kier alpha value is -2.01. The predicted molar refractivity (Wildman–Crippen MR) is 76.4 cm³/mol. The van der Waals surface area contributed by atoms with Gasteiger partial charge in [-0.25, -0.2) is 0 Å². The summed E-state index contributed by atoms with van der Waals surface area (Å²) in [5.74, 6) is -0.0332. The van der Waals surface area contributed by atoms with E-state index in [2.05, 4.69) is 5.32 Å². The Bertz CT molecular complexity index is 635. The molecule has 1 aliphatic rings. The van der Waals surface area contributed by atoms with Crippen LogP contribution in [-0.4, -0.2) is 23.2 Å². The first-order valence-electron chi connectivity index (χ1n) is 6.91. The van der Waals surface area contributed by atoms with Crippen molar-refractivity contribution >= 4 is 22.6 Å². The number of aliphatic hydroxyl groups is 1. The minimum Gasteiger partial charge on any atom is -0.451 e. The lowest BCUT2D eigenvalue weighted by Gasteiger charge is -2.27. The van der Waals surface area contributed by atoms with Gasteiger partial charge in [-0.15, -0.1) is 0 Å². The average Bonchev–Trinajstić information content (AvgIpc) is 2.84. The SMILES string of the molecule is Nc1ccc2oc(C(=O)N[C@H]3CCCC[C@@H]3O)cc2c1. The molecule has 2 aromatic rings. The van der Waals surface area contributed by atoms with Gasteiger partial charge in [-0.1, -0.05) is 12.8 Å². The van der Waals surface area contributed by atoms with Crippen molar-refractivity contribution in [1.29, 1.82) is 0 Å². The summed E-state index contributed by atoms with van der Waals surface area (Å²) in [5.41, 5.74) is 6.97. The first kappa shape index (κ1) is 13.0. The normalized spacial score (nSPS) is 22.9. The zero-order valence-electron chi connectivity index (χ0n) is 11.1. The molecule has 1 aliphatic carbocycles. The molecule has 0 bridgehead atoms. The molecule has 2 atom stereocenters. The number of nitrogens with two attached hydrogens (primary N) is 1. The van der Waals surface area contributed by atoms with E-state index in [9.17, 15) is 9.90 Å². The predicted octanol–water partition coefficient (Wildman–Crippen LogP) is 2.05. The van der Waals surface area contributed by atoms with Gasteiger partial charge in [0.1, 0.15) is 5.58 Å². The standard InChI is InChI=1S/C15H18N2O3/c16-10-5-6-13-9(7-10)8-14(20-13)15(19)17-11-3-1-2-4-12(11)18/h5-8,11-12,18H,1-4,16H2,(H,17,19)/t11-,12-/m0/s1. The molecule has 1 aromatic carbocycles. The van der Waals surface area contributed by atoms with Gasteiger partial charge < -0.3 is 20.6 Å². The number of hydrogen-bond donors (Lipinski definition) is 3. The van der Waals surface area contributed by atoms with E-state index in [1.165, 1.54) is 0 Å². The highest BCUT2D eigenvalue weighted by Crippen LogP contribution is 2.23. The van der Waals surface area contributed by atoms with Gasteiger partial charge in [0, 0.05) is 11.1 Å². The first-order valence-corrected chi connectivity index (χ1v) is 6.91. The van der Waals surface area contributed by atoms with Crippen molar-refractivity contribution in [2.45, 2.75) is 37.8 Å². The van der Waals surface area contributed by atoms with Crippen molar-refractivity contribution in [3.8, 4) is 0 Å². The molecular weight excluding hydrogens is 256 g/mol. The summed E-state index contributed by atoms with van der Waals surface area (Å²) < 4.78 is 5.51. The topological polar surface area (TPSA) is 88.5 Å². The van der Waals surface area contributed by atoms with Crippen molar-refractivity contribution < 1.29 is 14.3 Å². The third-order valence-corrected chi connectivity index (χ3v) is 3.81. The number of benzene rings is 1. The fourth-order valence-corrected chi connectivity index (χ4v) is 2.69. The van der Waals surface area contributed by atoms with E-state index in [-0.39, 0.29) is 17.7 Å². The van der Waals surface area contributed by atoms with Gasteiger partial charge in [0.25, 0.3) is 5.91 Å². The third kappa shape index (κ3) is 2.49. The molecule has 20 heavy (non-hydrogen) atoms. The molecule has 106 valence electrons. The summed E-state index contributed by atoms with van der Waals surface area (Å²) in [7, 11) is 0. The molecule has 0 spiro atoms. The molecular formula is C15H18N2O3. The molecule has 0 unspecified atom stereocenters. The number of hydrogen-bond acceptors (Lipinski definition) is 4. The maximum Gasteiger partial charge on any atom is 0.287 e. The average molecular weight is 274 g/mol. The van der Waals surface area contributed by atoms with Crippen molar-refractivity contribution in [2.24, 2.45) is 0 Å². The lowest BCUT2D eigenvalue weighted by atomic mass is 9.92. The van der Waals surface area contributed by atoms with E-state index < -0.39 is 6.10 Å². The largest absolute Gasteiger partial charge is 0.451 e. The number of rotatable bonds is 2. The van der Waals surface area contributed by atoms with Gasteiger partial charge in [0.05, 0.1) is 12.1 Å². The number of furan rings is 1. The molecule has 0 saturated heterocycles. The van der Waals surface area contributed by atoms with Gasteiger partial charge in [-0.2, -0.15) is 0 Å². The molecule has 1 fully saturated rings. The van der Waals surface area contributed by atoms with Crippen LogP contribution >= 0.6 is 0 Å². The highest BCUT2D eigenvalue weighted by atomic mass is 16.3. The molecule has 1 aromatic heterocycles.